The fourth-order valence-electron chi connectivity index (χ4n) is 3.64. The molecule has 4 rings (SSSR count). The zero-order valence-electron chi connectivity index (χ0n) is 12.0. The molecule has 0 spiro atoms. The van der Waals surface area contributed by atoms with Crippen LogP contribution in [0.15, 0.2) is 11.4 Å². The Kier molecular flexibility index (Phi) is 3.11. The molecule has 2 unspecified atom stereocenters. The maximum absolute atomic E-state index is 12.9. The lowest BCUT2D eigenvalue weighted by Crippen LogP contribution is -2.52. The van der Waals surface area contributed by atoms with E-state index in [0.717, 1.165) is 32.0 Å². The molecule has 20 heavy (non-hydrogen) atoms. The molecule has 1 N–H and O–H groups in total. The van der Waals surface area contributed by atoms with Crippen molar-refractivity contribution in [2.24, 2.45) is 17.8 Å². The minimum absolute atomic E-state index is 0.178. The van der Waals surface area contributed by atoms with Crippen molar-refractivity contribution >= 4 is 17.2 Å². The van der Waals surface area contributed by atoms with Crippen LogP contribution in [-0.2, 0) is 11.2 Å². The van der Waals surface area contributed by atoms with E-state index < -0.39 is 0 Å². The van der Waals surface area contributed by atoms with Crippen molar-refractivity contribution in [2.75, 3.05) is 19.6 Å². The van der Waals surface area contributed by atoms with Crippen molar-refractivity contribution < 1.29 is 4.79 Å². The molecular formula is C16H22N2OS. The fourth-order valence-corrected chi connectivity index (χ4v) is 4.55. The molecule has 1 amide bonds. The minimum Gasteiger partial charge on any atom is -0.335 e. The van der Waals surface area contributed by atoms with E-state index in [1.807, 2.05) is 11.3 Å². The summed E-state index contributed by atoms with van der Waals surface area (Å²) in [6.07, 6.45) is 3.64. The van der Waals surface area contributed by atoms with Crippen LogP contribution in [0.5, 0.6) is 0 Å². The van der Waals surface area contributed by atoms with E-state index in [0.29, 0.717) is 17.9 Å². The number of fused-ring (bicyclic) bond motifs is 1. The normalized spacial score (nSPS) is 27.9. The van der Waals surface area contributed by atoms with E-state index in [-0.39, 0.29) is 5.92 Å². The molecule has 2 aliphatic heterocycles. The predicted octanol–water partition coefficient (Wildman–Crippen LogP) is 2.44. The second kappa shape index (κ2) is 4.85. The molecule has 3 aliphatic rings. The molecule has 3 heterocycles. The Labute approximate surface area is 124 Å². The number of hydrogen-bond donors (Lipinski definition) is 1. The Hall–Kier alpha value is -0.870. The Morgan fingerprint density at radius 2 is 2.25 bits per heavy atom. The molecule has 2 fully saturated rings. The lowest BCUT2D eigenvalue weighted by molar-refractivity contribution is -0.141. The fraction of sp³-hybridized carbons (Fsp3) is 0.688. The summed E-state index contributed by atoms with van der Waals surface area (Å²) in [7, 11) is 0. The molecular weight excluding hydrogens is 268 g/mol. The molecule has 1 aromatic heterocycles. The summed E-state index contributed by atoms with van der Waals surface area (Å²) in [4.78, 5) is 16.6. The quantitative estimate of drug-likeness (QED) is 0.927. The summed E-state index contributed by atoms with van der Waals surface area (Å²) in [6, 6.07) is 2.64. The number of rotatable bonds is 3. The van der Waals surface area contributed by atoms with Gasteiger partial charge in [-0.15, -0.1) is 11.3 Å². The lowest BCUT2D eigenvalue weighted by Gasteiger charge is -2.41. The average Bonchev–Trinajstić information content (AvgIpc) is 3.11. The highest BCUT2D eigenvalue weighted by atomic mass is 32.1. The summed E-state index contributed by atoms with van der Waals surface area (Å²) < 4.78 is 0. The van der Waals surface area contributed by atoms with Crippen LogP contribution in [0.1, 0.15) is 36.2 Å². The van der Waals surface area contributed by atoms with Crippen LogP contribution >= 0.6 is 11.3 Å². The number of hydrogen-bond acceptors (Lipinski definition) is 3. The molecule has 1 aliphatic carbocycles. The maximum atomic E-state index is 12.9. The van der Waals surface area contributed by atoms with Gasteiger partial charge in [0.2, 0.25) is 5.91 Å². The molecule has 108 valence electrons. The van der Waals surface area contributed by atoms with Gasteiger partial charge in [-0.1, -0.05) is 6.92 Å². The molecule has 0 aromatic carbocycles. The van der Waals surface area contributed by atoms with Crippen molar-refractivity contribution in [2.45, 2.75) is 32.2 Å². The van der Waals surface area contributed by atoms with Gasteiger partial charge in [0.05, 0.1) is 6.04 Å². The van der Waals surface area contributed by atoms with E-state index in [9.17, 15) is 4.79 Å². The van der Waals surface area contributed by atoms with E-state index in [1.54, 1.807) is 0 Å². The highest BCUT2D eigenvalue weighted by molar-refractivity contribution is 7.10. The van der Waals surface area contributed by atoms with Crippen LogP contribution in [0, 0.1) is 17.8 Å². The Bertz CT molecular complexity index is 518. The monoisotopic (exact) mass is 290 g/mol. The Morgan fingerprint density at radius 1 is 1.45 bits per heavy atom. The molecule has 0 radical (unpaired) electrons. The van der Waals surface area contributed by atoms with Crippen molar-refractivity contribution in [3.8, 4) is 0 Å². The van der Waals surface area contributed by atoms with Crippen molar-refractivity contribution in [3.63, 3.8) is 0 Å². The second-order valence-corrected chi connectivity index (χ2v) is 7.57. The van der Waals surface area contributed by atoms with Crippen molar-refractivity contribution in [1.29, 1.82) is 0 Å². The molecule has 1 saturated heterocycles. The van der Waals surface area contributed by atoms with Gasteiger partial charge in [-0.2, -0.15) is 0 Å². The summed E-state index contributed by atoms with van der Waals surface area (Å²) in [5, 5.41) is 5.49. The standard InChI is InChI=1S/C16H22N2OS/c1-10(12-8-17-9-12)16(19)18-6-4-14-13(5-7-20-14)15(18)11-2-3-11/h5,7,10-12,15,17H,2-4,6,8-9H2,1H3. The second-order valence-electron chi connectivity index (χ2n) is 6.57. The van der Waals surface area contributed by atoms with Gasteiger partial charge < -0.3 is 10.2 Å². The van der Waals surface area contributed by atoms with Crippen LogP contribution in [0.25, 0.3) is 0 Å². The number of thiophene rings is 1. The minimum atomic E-state index is 0.178. The van der Waals surface area contributed by atoms with E-state index >= 15 is 0 Å². The van der Waals surface area contributed by atoms with Gasteiger partial charge in [0.1, 0.15) is 0 Å². The highest BCUT2D eigenvalue weighted by Crippen LogP contribution is 2.48. The largest absolute Gasteiger partial charge is 0.335 e. The van der Waals surface area contributed by atoms with Crippen molar-refractivity contribution in [3.05, 3.63) is 21.9 Å². The third-order valence-corrected chi connectivity index (χ3v) is 6.27. The van der Waals surface area contributed by atoms with Crippen LogP contribution in [0.2, 0.25) is 0 Å². The number of nitrogens with zero attached hydrogens (tertiary/aromatic N) is 1. The maximum Gasteiger partial charge on any atom is 0.226 e. The van der Waals surface area contributed by atoms with Crippen molar-refractivity contribution in [1.82, 2.24) is 10.2 Å². The van der Waals surface area contributed by atoms with E-state index in [1.165, 1.54) is 23.3 Å². The molecule has 1 saturated carbocycles. The predicted molar refractivity (Wildman–Crippen MR) is 80.7 cm³/mol. The van der Waals surface area contributed by atoms with Gasteiger partial charge in [-0.25, -0.2) is 0 Å². The number of nitrogens with one attached hydrogen (secondary N) is 1. The van der Waals surface area contributed by atoms with Gasteiger partial charge in [-0.05, 0) is 61.2 Å². The topological polar surface area (TPSA) is 32.3 Å². The first-order valence-electron chi connectivity index (χ1n) is 7.83. The Morgan fingerprint density at radius 3 is 2.90 bits per heavy atom. The van der Waals surface area contributed by atoms with Gasteiger partial charge in [0.15, 0.2) is 0 Å². The first-order valence-corrected chi connectivity index (χ1v) is 8.71. The van der Waals surface area contributed by atoms with Gasteiger partial charge in [0, 0.05) is 17.3 Å². The molecule has 4 heteroatoms. The number of amides is 1. The number of carbonyl (C=O) groups excluding carboxylic acids is 1. The zero-order chi connectivity index (χ0) is 13.7. The van der Waals surface area contributed by atoms with Gasteiger partial charge >= 0.3 is 0 Å². The zero-order valence-corrected chi connectivity index (χ0v) is 12.8. The number of carbonyl (C=O) groups is 1. The molecule has 0 bridgehead atoms. The smallest absolute Gasteiger partial charge is 0.226 e. The Balaban J connectivity index is 1.59. The molecule has 3 nitrogen and oxygen atoms in total. The summed E-state index contributed by atoms with van der Waals surface area (Å²) in [6.45, 7) is 5.08. The molecule has 1 aromatic rings. The van der Waals surface area contributed by atoms with E-state index in [2.05, 4.69) is 28.6 Å². The van der Waals surface area contributed by atoms with Gasteiger partial charge in [-0.3, -0.25) is 4.79 Å². The van der Waals surface area contributed by atoms with Crippen LogP contribution in [-0.4, -0.2) is 30.4 Å². The SMILES string of the molecule is CC(C(=O)N1CCc2sccc2C1C1CC1)C1CNC1. The lowest BCUT2D eigenvalue weighted by atomic mass is 9.86. The first-order chi connectivity index (χ1) is 9.75. The van der Waals surface area contributed by atoms with Gasteiger partial charge in [0.25, 0.3) is 0 Å². The summed E-state index contributed by atoms with van der Waals surface area (Å²) in [5.41, 5.74) is 1.45. The third kappa shape index (κ3) is 2.01. The van der Waals surface area contributed by atoms with Crippen LogP contribution in [0.4, 0.5) is 0 Å². The average molecular weight is 290 g/mol. The first kappa shape index (κ1) is 12.8. The van der Waals surface area contributed by atoms with E-state index in [4.69, 9.17) is 0 Å². The van der Waals surface area contributed by atoms with Crippen LogP contribution < -0.4 is 5.32 Å². The highest BCUT2D eigenvalue weighted by Gasteiger charge is 2.43. The third-order valence-electron chi connectivity index (χ3n) is 5.28. The van der Waals surface area contributed by atoms with Crippen LogP contribution in [0.3, 0.4) is 0 Å². The molecule has 2 atom stereocenters. The summed E-state index contributed by atoms with van der Waals surface area (Å²) in [5.74, 6) is 1.84. The summed E-state index contributed by atoms with van der Waals surface area (Å²) >= 11 is 1.87.